The molecule has 0 radical (unpaired) electrons. The topological polar surface area (TPSA) is 59.2 Å². The minimum Gasteiger partial charge on any atom is -0.393 e. The smallest absolute Gasteiger partial charge is 0.273 e. The van der Waals surface area contributed by atoms with E-state index < -0.39 is 0 Å². The zero-order valence-electron chi connectivity index (χ0n) is 12.2. The number of aromatic nitrogens is 1. The van der Waals surface area contributed by atoms with E-state index in [0.29, 0.717) is 23.6 Å². The first-order valence-electron chi connectivity index (χ1n) is 6.93. The molecule has 1 heterocycles. The lowest BCUT2D eigenvalue weighted by Gasteiger charge is -2.26. The summed E-state index contributed by atoms with van der Waals surface area (Å²) in [7, 11) is 0. The van der Waals surface area contributed by atoms with E-state index in [1.54, 1.807) is 11.1 Å². The molecule has 0 aliphatic carbocycles. The molecule has 0 saturated carbocycles. The van der Waals surface area contributed by atoms with E-state index in [1.165, 1.54) is 0 Å². The first kappa shape index (κ1) is 15.4. The maximum absolute atomic E-state index is 12.8. The largest absolute Gasteiger partial charge is 0.393 e. The molecule has 0 unspecified atom stereocenters. The van der Waals surface area contributed by atoms with Gasteiger partial charge in [-0.15, -0.1) is 0 Å². The Bertz CT molecular complexity index is 664. The van der Waals surface area contributed by atoms with E-state index in [0.717, 1.165) is 10.8 Å². The Kier molecular flexibility index (Phi) is 4.85. The van der Waals surface area contributed by atoms with E-state index >= 15 is 0 Å². The van der Waals surface area contributed by atoms with Crippen molar-refractivity contribution in [2.75, 3.05) is 6.54 Å². The van der Waals surface area contributed by atoms with Crippen molar-refractivity contribution in [3.63, 3.8) is 0 Å². The Morgan fingerprint density at radius 1 is 1.33 bits per heavy atom. The monoisotopic (exact) mass is 301 g/mol. The number of nitrogens with two attached hydrogens (primary N) is 1. The van der Waals surface area contributed by atoms with Gasteiger partial charge in [-0.3, -0.25) is 9.78 Å². The van der Waals surface area contributed by atoms with Gasteiger partial charge in [0.25, 0.3) is 5.91 Å². The molecule has 4 nitrogen and oxygen atoms in total. The van der Waals surface area contributed by atoms with Crippen molar-refractivity contribution in [1.82, 2.24) is 9.88 Å². The molecule has 2 N–H and O–H groups in total. The van der Waals surface area contributed by atoms with Crippen molar-refractivity contribution in [3.05, 3.63) is 42.2 Å². The lowest BCUT2D eigenvalue weighted by molar-refractivity contribution is 0.0708. The maximum atomic E-state index is 12.8. The van der Waals surface area contributed by atoms with Gasteiger partial charge in [-0.1, -0.05) is 36.5 Å². The molecule has 1 aromatic carbocycles. The number of fused-ring (bicyclic) bond motifs is 1. The van der Waals surface area contributed by atoms with Crippen LogP contribution in [0.1, 0.15) is 30.8 Å². The predicted octanol–water partition coefficient (Wildman–Crippen LogP) is 2.76. The van der Waals surface area contributed by atoms with Gasteiger partial charge in [0, 0.05) is 30.6 Å². The summed E-state index contributed by atoms with van der Waals surface area (Å²) in [5.74, 6) is -0.0851. The second-order valence-electron chi connectivity index (χ2n) is 5.19. The molecule has 21 heavy (non-hydrogen) atoms. The minimum absolute atomic E-state index is 0.0626. The third-order valence-corrected chi connectivity index (χ3v) is 3.56. The number of carbonyl (C=O) groups is 1. The van der Waals surface area contributed by atoms with Crippen LogP contribution in [0.25, 0.3) is 10.8 Å². The highest BCUT2D eigenvalue weighted by Gasteiger charge is 2.21. The van der Waals surface area contributed by atoms with Gasteiger partial charge in [0.15, 0.2) is 0 Å². The molecule has 0 spiro atoms. The van der Waals surface area contributed by atoms with Gasteiger partial charge < -0.3 is 10.6 Å². The quantitative estimate of drug-likeness (QED) is 0.863. The van der Waals surface area contributed by atoms with Crippen LogP contribution >= 0.6 is 12.2 Å². The summed E-state index contributed by atoms with van der Waals surface area (Å²) in [5, 5.41) is 1.87. The molecular formula is C16H19N3OS. The average molecular weight is 301 g/mol. The van der Waals surface area contributed by atoms with Crippen LogP contribution in [-0.2, 0) is 0 Å². The van der Waals surface area contributed by atoms with Crippen LogP contribution in [0.15, 0.2) is 36.5 Å². The fraction of sp³-hybridized carbons (Fsp3) is 0.312. The lowest BCUT2D eigenvalue weighted by atomic mass is 10.1. The summed E-state index contributed by atoms with van der Waals surface area (Å²) in [6.45, 7) is 4.46. The second kappa shape index (κ2) is 6.63. The third-order valence-electron chi connectivity index (χ3n) is 3.36. The molecule has 5 heteroatoms. The van der Waals surface area contributed by atoms with E-state index in [-0.39, 0.29) is 11.9 Å². The Balaban J connectivity index is 2.37. The maximum Gasteiger partial charge on any atom is 0.273 e. The predicted molar refractivity (Wildman–Crippen MR) is 89.3 cm³/mol. The average Bonchev–Trinajstić information content (AvgIpc) is 2.46. The Labute approximate surface area is 130 Å². The van der Waals surface area contributed by atoms with Gasteiger partial charge in [0.05, 0.1) is 4.99 Å². The molecule has 0 atom stereocenters. The van der Waals surface area contributed by atoms with Crippen LogP contribution in [0.3, 0.4) is 0 Å². The number of pyridine rings is 1. The van der Waals surface area contributed by atoms with Crippen LogP contribution in [0.4, 0.5) is 0 Å². The molecule has 0 aliphatic heterocycles. The van der Waals surface area contributed by atoms with Crippen molar-refractivity contribution >= 4 is 33.9 Å². The highest BCUT2D eigenvalue weighted by molar-refractivity contribution is 7.80. The number of amides is 1. The molecule has 0 saturated heterocycles. The number of benzene rings is 1. The molecule has 110 valence electrons. The Morgan fingerprint density at radius 2 is 2.05 bits per heavy atom. The van der Waals surface area contributed by atoms with Crippen LogP contribution in [0.5, 0.6) is 0 Å². The van der Waals surface area contributed by atoms with Crippen molar-refractivity contribution < 1.29 is 4.79 Å². The Morgan fingerprint density at radius 3 is 2.71 bits per heavy atom. The summed E-state index contributed by atoms with van der Waals surface area (Å²) in [6, 6.07) is 9.72. The third kappa shape index (κ3) is 3.55. The highest BCUT2D eigenvalue weighted by Crippen LogP contribution is 2.19. The SMILES string of the molecule is CC(C)N(CCC(N)=S)C(=O)c1nccc2ccccc12. The normalized spacial score (nSPS) is 10.8. The first-order chi connectivity index (χ1) is 10.0. The van der Waals surface area contributed by atoms with Crippen molar-refractivity contribution in [3.8, 4) is 0 Å². The molecular weight excluding hydrogens is 282 g/mol. The fourth-order valence-electron chi connectivity index (χ4n) is 2.25. The zero-order valence-corrected chi connectivity index (χ0v) is 13.1. The van der Waals surface area contributed by atoms with Gasteiger partial charge in [-0.2, -0.15) is 0 Å². The van der Waals surface area contributed by atoms with Crippen LogP contribution in [0, 0.1) is 0 Å². The number of nitrogens with zero attached hydrogens (tertiary/aromatic N) is 2. The zero-order chi connectivity index (χ0) is 15.4. The molecule has 0 bridgehead atoms. The van der Waals surface area contributed by atoms with Gasteiger partial charge in [0.2, 0.25) is 0 Å². The molecule has 1 amide bonds. The lowest BCUT2D eigenvalue weighted by Crippen LogP contribution is -2.39. The van der Waals surface area contributed by atoms with Gasteiger partial charge in [-0.05, 0) is 25.3 Å². The summed E-state index contributed by atoms with van der Waals surface area (Å²) in [6.07, 6.45) is 2.19. The van der Waals surface area contributed by atoms with E-state index in [9.17, 15) is 4.79 Å². The Hall–Kier alpha value is -2.01. The number of rotatable bonds is 5. The number of carbonyl (C=O) groups excluding carboxylic acids is 1. The van der Waals surface area contributed by atoms with Crippen molar-refractivity contribution in [2.45, 2.75) is 26.3 Å². The van der Waals surface area contributed by atoms with Crippen LogP contribution < -0.4 is 5.73 Å². The van der Waals surface area contributed by atoms with Crippen molar-refractivity contribution in [1.29, 1.82) is 0 Å². The molecule has 2 aromatic rings. The summed E-state index contributed by atoms with van der Waals surface area (Å²) < 4.78 is 0. The number of thiocarbonyl (C=S) groups is 1. The standard InChI is InChI=1S/C16H19N3OS/c1-11(2)19(10-8-14(17)21)16(20)15-13-6-4-3-5-12(13)7-9-18-15/h3-7,9,11H,8,10H2,1-2H3,(H2,17,21). The summed E-state index contributed by atoms with van der Waals surface area (Å²) in [4.78, 5) is 19.2. The second-order valence-corrected chi connectivity index (χ2v) is 5.71. The molecule has 0 aliphatic rings. The molecule has 1 aromatic heterocycles. The van der Waals surface area contributed by atoms with E-state index in [2.05, 4.69) is 4.98 Å². The summed E-state index contributed by atoms with van der Waals surface area (Å²) in [5.41, 5.74) is 6.02. The highest BCUT2D eigenvalue weighted by atomic mass is 32.1. The number of hydrogen-bond acceptors (Lipinski definition) is 3. The molecule has 0 fully saturated rings. The first-order valence-corrected chi connectivity index (χ1v) is 7.34. The van der Waals surface area contributed by atoms with E-state index in [1.807, 2.05) is 44.2 Å². The van der Waals surface area contributed by atoms with Crippen molar-refractivity contribution in [2.24, 2.45) is 5.73 Å². The van der Waals surface area contributed by atoms with Gasteiger partial charge in [-0.25, -0.2) is 0 Å². The van der Waals surface area contributed by atoms with E-state index in [4.69, 9.17) is 18.0 Å². The van der Waals surface area contributed by atoms with Gasteiger partial charge in [0.1, 0.15) is 5.69 Å². The number of hydrogen-bond donors (Lipinski definition) is 1. The van der Waals surface area contributed by atoms with Crippen LogP contribution in [-0.4, -0.2) is 33.4 Å². The summed E-state index contributed by atoms with van der Waals surface area (Å²) >= 11 is 4.90. The minimum atomic E-state index is -0.0851. The molecule has 2 rings (SSSR count). The fourth-order valence-corrected chi connectivity index (χ4v) is 2.34. The van der Waals surface area contributed by atoms with Crippen LogP contribution in [0.2, 0.25) is 0 Å². The van der Waals surface area contributed by atoms with Gasteiger partial charge >= 0.3 is 0 Å².